The molecule has 5 N–H and O–H groups in total. The molecule has 9 heteroatoms. The maximum Gasteiger partial charge on any atom is 0.350 e. The number of carbonyl (C=O) groups excluding carboxylic acids is 3. The first-order valence-corrected chi connectivity index (χ1v) is 17.2. The third kappa shape index (κ3) is 6.26. The van der Waals surface area contributed by atoms with Gasteiger partial charge in [-0.15, -0.1) is 0 Å². The molecule has 0 bridgehead atoms. The fourth-order valence-corrected chi connectivity index (χ4v) is 8.85. The van der Waals surface area contributed by atoms with E-state index >= 15 is 0 Å². The summed E-state index contributed by atoms with van der Waals surface area (Å²) in [6.45, 7) is 7.99. The molecule has 0 aromatic carbocycles. The highest BCUT2D eigenvalue weighted by Gasteiger charge is 2.87. The number of Topliss-reactive ketones (excluding diaryl/α,β-unsaturated/α-hetero) is 2. The highest BCUT2D eigenvalue weighted by Crippen LogP contribution is 2.62. The molecule has 9 nitrogen and oxygen atoms in total. The summed E-state index contributed by atoms with van der Waals surface area (Å²) >= 11 is 0. The molecule has 242 valence electrons. The second-order valence-corrected chi connectivity index (χ2v) is 14.2. The van der Waals surface area contributed by atoms with E-state index in [1.807, 2.05) is 6.92 Å². The third-order valence-corrected chi connectivity index (χ3v) is 11.6. The molecule has 0 spiro atoms. The molecule has 0 aromatic heterocycles. The largest absolute Gasteiger partial charge is 0.463 e. The molecule has 5 fully saturated rings. The molecule has 43 heavy (non-hydrogen) atoms. The number of hydrogen-bond acceptors (Lipinski definition) is 9. The van der Waals surface area contributed by atoms with E-state index in [1.165, 1.54) is 0 Å². The lowest BCUT2D eigenvalue weighted by atomic mass is 9.60. The van der Waals surface area contributed by atoms with Crippen LogP contribution >= 0.6 is 0 Å². The number of carbonyl (C=O) groups is 3. The van der Waals surface area contributed by atoms with Crippen LogP contribution in [0.1, 0.15) is 104 Å². The average molecular weight is 602 g/mol. The van der Waals surface area contributed by atoms with Crippen molar-refractivity contribution in [3.8, 4) is 0 Å². The number of epoxide rings is 1. The molecule has 0 aromatic rings. The van der Waals surface area contributed by atoms with Gasteiger partial charge in [-0.2, -0.15) is 0 Å². The summed E-state index contributed by atoms with van der Waals surface area (Å²) in [6.07, 6.45) is 11.0. The highest BCUT2D eigenvalue weighted by molar-refractivity contribution is 6.23. The van der Waals surface area contributed by atoms with Crippen molar-refractivity contribution in [1.82, 2.24) is 10.6 Å². The lowest BCUT2D eigenvalue weighted by Crippen LogP contribution is -2.58. The van der Waals surface area contributed by atoms with E-state index < -0.39 is 29.0 Å². The first-order chi connectivity index (χ1) is 20.7. The standard InChI is InChI=1S/C34H55N3O6/c1-4-22-12-13-28(36-5-2)24(16-22)20-42-32(41)34-31(40)27-9-7-6-8-26(27)30(39)33(34,43-34)18-25(19-38)21(3)10-11-23-14-15-37-29(35)17-23/h22-24,26-29,36-38H,4-20,35H2,1-3H3. The van der Waals surface area contributed by atoms with Crippen LogP contribution in [0.2, 0.25) is 0 Å². The SMILES string of the molecule is CCNC1CCC(CC)CC1COC(=O)C12OC1(CC(CO)=C(C)CCC1CCNC(N)C1)C(=O)C1CCCCC1C2=O. The van der Waals surface area contributed by atoms with Gasteiger partial charge in [0.2, 0.25) is 0 Å². The first kappa shape index (κ1) is 32.7. The zero-order valence-corrected chi connectivity index (χ0v) is 26.6. The van der Waals surface area contributed by atoms with Gasteiger partial charge in [0.15, 0.2) is 17.2 Å². The summed E-state index contributed by atoms with van der Waals surface area (Å²) in [5.41, 5.74) is 4.32. The summed E-state index contributed by atoms with van der Waals surface area (Å²) in [7, 11) is 0. The van der Waals surface area contributed by atoms with Gasteiger partial charge in [0.25, 0.3) is 5.60 Å². The summed E-state index contributed by atoms with van der Waals surface area (Å²) in [5, 5.41) is 17.3. The topological polar surface area (TPSA) is 143 Å². The molecule has 0 radical (unpaired) electrons. The van der Waals surface area contributed by atoms with Crippen molar-refractivity contribution in [3.63, 3.8) is 0 Å². The van der Waals surface area contributed by atoms with E-state index in [4.69, 9.17) is 15.2 Å². The van der Waals surface area contributed by atoms with Crippen LogP contribution in [0.3, 0.4) is 0 Å². The number of nitrogens with two attached hydrogens (primary N) is 1. The quantitative estimate of drug-likeness (QED) is 0.114. The van der Waals surface area contributed by atoms with Gasteiger partial charge >= 0.3 is 5.97 Å². The Hall–Kier alpha value is -1.65. The lowest BCUT2D eigenvalue weighted by molar-refractivity contribution is -0.160. The number of ketones is 2. The maximum atomic E-state index is 14.2. The van der Waals surface area contributed by atoms with Crippen LogP contribution in [-0.2, 0) is 23.9 Å². The normalized spacial score (nSPS) is 39.9. The lowest BCUT2D eigenvalue weighted by Gasteiger charge is -2.38. The Morgan fingerprint density at radius 3 is 2.49 bits per heavy atom. The number of fused-ring (bicyclic) bond motifs is 2. The van der Waals surface area contributed by atoms with Crippen molar-refractivity contribution in [2.45, 2.75) is 128 Å². The number of aliphatic hydroxyl groups is 1. The van der Waals surface area contributed by atoms with E-state index in [2.05, 4.69) is 24.5 Å². The van der Waals surface area contributed by atoms with Gasteiger partial charge in [-0.3, -0.25) is 9.59 Å². The van der Waals surface area contributed by atoms with Crippen molar-refractivity contribution in [1.29, 1.82) is 0 Å². The minimum absolute atomic E-state index is 0.00884. The van der Waals surface area contributed by atoms with Crippen LogP contribution in [-0.4, -0.2) is 72.4 Å². The Morgan fingerprint density at radius 1 is 1.07 bits per heavy atom. The second-order valence-electron chi connectivity index (χ2n) is 14.2. The van der Waals surface area contributed by atoms with Gasteiger partial charge < -0.3 is 30.9 Å². The number of ether oxygens (including phenoxy) is 2. The Bertz CT molecular complexity index is 1080. The van der Waals surface area contributed by atoms with Crippen molar-refractivity contribution in [2.24, 2.45) is 35.3 Å². The van der Waals surface area contributed by atoms with Crippen LogP contribution < -0.4 is 16.4 Å². The molecular weight excluding hydrogens is 546 g/mol. The third-order valence-electron chi connectivity index (χ3n) is 11.6. The molecule has 5 aliphatic rings. The molecule has 2 aliphatic heterocycles. The Labute approximate surface area is 257 Å². The number of hydrogen-bond donors (Lipinski definition) is 4. The summed E-state index contributed by atoms with van der Waals surface area (Å²) in [6, 6.07) is 0.260. The summed E-state index contributed by atoms with van der Waals surface area (Å²) < 4.78 is 12.2. The fourth-order valence-electron chi connectivity index (χ4n) is 8.85. The van der Waals surface area contributed by atoms with Crippen LogP contribution in [0.15, 0.2) is 11.1 Å². The minimum atomic E-state index is -1.89. The van der Waals surface area contributed by atoms with Crippen LogP contribution in [0.25, 0.3) is 0 Å². The van der Waals surface area contributed by atoms with E-state index in [0.29, 0.717) is 30.3 Å². The molecule has 5 rings (SSSR count). The van der Waals surface area contributed by atoms with Gasteiger partial charge in [0, 0.05) is 30.2 Å². The minimum Gasteiger partial charge on any atom is -0.463 e. The monoisotopic (exact) mass is 601 g/mol. The number of esters is 1. The number of piperidine rings is 1. The van der Waals surface area contributed by atoms with Crippen LogP contribution in [0.4, 0.5) is 0 Å². The molecule has 3 saturated carbocycles. The Balaban J connectivity index is 1.36. The van der Waals surface area contributed by atoms with E-state index in [1.54, 1.807) is 0 Å². The van der Waals surface area contributed by atoms with Gasteiger partial charge in [-0.25, -0.2) is 4.79 Å². The highest BCUT2D eigenvalue weighted by atomic mass is 16.7. The zero-order chi connectivity index (χ0) is 30.8. The Kier molecular flexibility index (Phi) is 10.5. The molecule has 9 unspecified atom stereocenters. The smallest absolute Gasteiger partial charge is 0.350 e. The van der Waals surface area contributed by atoms with E-state index in [0.717, 1.165) is 82.9 Å². The summed E-state index contributed by atoms with van der Waals surface area (Å²) in [5.74, 6) is -0.813. The van der Waals surface area contributed by atoms with Gasteiger partial charge in [0.05, 0.1) is 19.4 Å². The molecule has 9 atom stereocenters. The molecule has 2 heterocycles. The molecule has 0 amide bonds. The number of nitrogens with one attached hydrogen (secondary N) is 2. The first-order valence-electron chi connectivity index (χ1n) is 17.2. The molecular formula is C34H55N3O6. The average Bonchev–Trinajstić information content (AvgIpc) is 3.72. The van der Waals surface area contributed by atoms with Crippen molar-refractivity contribution >= 4 is 17.5 Å². The van der Waals surface area contributed by atoms with Crippen molar-refractivity contribution < 1.29 is 29.0 Å². The zero-order valence-electron chi connectivity index (χ0n) is 26.6. The summed E-state index contributed by atoms with van der Waals surface area (Å²) in [4.78, 5) is 42.4. The number of allylic oxidation sites excluding steroid dienone is 1. The van der Waals surface area contributed by atoms with Crippen LogP contribution in [0, 0.1) is 29.6 Å². The predicted octanol–water partition coefficient (Wildman–Crippen LogP) is 3.56. The molecule has 2 saturated heterocycles. The number of aliphatic hydroxyl groups excluding tert-OH is 1. The van der Waals surface area contributed by atoms with Crippen molar-refractivity contribution in [3.05, 3.63) is 11.1 Å². The van der Waals surface area contributed by atoms with Crippen LogP contribution in [0.5, 0.6) is 0 Å². The fraction of sp³-hybridized carbons (Fsp3) is 0.853. The predicted molar refractivity (Wildman–Crippen MR) is 164 cm³/mol. The van der Waals surface area contributed by atoms with Gasteiger partial charge in [-0.1, -0.05) is 38.7 Å². The Morgan fingerprint density at radius 2 is 1.81 bits per heavy atom. The second kappa shape index (κ2) is 13.8. The maximum absolute atomic E-state index is 14.2. The van der Waals surface area contributed by atoms with Crippen molar-refractivity contribution in [2.75, 3.05) is 26.3 Å². The van der Waals surface area contributed by atoms with Gasteiger partial charge in [0.1, 0.15) is 0 Å². The van der Waals surface area contributed by atoms with Gasteiger partial charge in [-0.05, 0) is 95.2 Å². The number of rotatable bonds is 12. The van der Waals surface area contributed by atoms with E-state index in [-0.39, 0.29) is 49.3 Å². The van der Waals surface area contributed by atoms with E-state index in [9.17, 15) is 19.5 Å². The molecule has 3 aliphatic carbocycles.